The molecule has 1 aromatic rings. The van der Waals surface area contributed by atoms with E-state index in [4.69, 9.17) is 5.11 Å². The molecular weight excluding hydrogens is 282 g/mol. The molecule has 0 radical (unpaired) electrons. The summed E-state index contributed by atoms with van der Waals surface area (Å²) in [6.07, 6.45) is 0. The Morgan fingerprint density at radius 1 is 1.48 bits per heavy atom. The molecule has 0 heterocycles. The van der Waals surface area contributed by atoms with Crippen molar-refractivity contribution >= 4 is 23.3 Å². The molecule has 0 fully saturated rings. The first-order valence-electron chi connectivity index (χ1n) is 5.90. The molecule has 0 aromatic heterocycles. The van der Waals surface area contributed by atoms with Gasteiger partial charge in [0.05, 0.1) is 18.6 Å². The number of aliphatic hydroxyl groups is 1. The summed E-state index contributed by atoms with van der Waals surface area (Å²) in [6.45, 7) is -0.644. The number of ether oxygens (including phenoxy) is 1. The lowest BCUT2D eigenvalue weighted by molar-refractivity contribution is -0.384. The van der Waals surface area contributed by atoms with Crippen LogP contribution in [0.3, 0.4) is 0 Å². The zero-order valence-electron chi connectivity index (χ0n) is 11.5. The molecule has 1 atom stereocenters. The number of nitrogens with zero attached hydrogens (tertiary/aromatic N) is 1. The Bertz CT molecular complexity index is 560. The number of rotatable bonds is 6. The minimum absolute atomic E-state index is 0.0111. The number of carbonyl (C=O) groups is 2. The van der Waals surface area contributed by atoms with Crippen molar-refractivity contribution in [1.82, 2.24) is 5.32 Å². The molecule has 1 rings (SSSR count). The van der Waals surface area contributed by atoms with Crippen molar-refractivity contribution in [2.24, 2.45) is 0 Å². The van der Waals surface area contributed by atoms with Gasteiger partial charge in [0.1, 0.15) is 5.69 Å². The zero-order chi connectivity index (χ0) is 16.0. The highest BCUT2D eigenvalue weighted by molar-refractivity contribution is 5.98. The summed E-state index contributed by atoms with van der Waals surface area (Å²) in [5.41, 5.74) is -0.0324. The predicted octanol–water partition coefficient (Wildman–Crippen LogP) is -0.0998. The highest BCUT2D eigenvalue weighted by Crippen LogP contribution is 2.24. The Balaban J connectivity index is 3.00. The predicted molar refractivity (Wildman–Crippen MR) is 73.0 cm³/mol. The molecule has 0 aliphatic heterocycles. The van der Waals surface area contributed by atoms with Crippen LogP contribution in [-0.2, 0) is 9.53 Å². The van der Waals surface area contributed by atoms with Gasteiger partial charge < -0.3 is 20.5 Å². The molecule has 21 heavy (non-hydrogen) atoms. The van der Waals surface area contributed by atoms with Crippen molar-refractivity contribution in [3.63, 3.8) is 0 Å². The second-order valence-electron chi connectivity index (χ2n) is 3.97. The van der Waals surface area contributed by atoms with Crippen molar-refractivity contribution in [2.75, 3.05) is 26.1 Å². The number of methoxy groups -OCH3 is 1. The quantitative estimate of drug-likeness (QED) is 0.379. The van der Waals surface area contributed by atoms with Gasteiger partial charge in [-0.3, -0.25) is 14.9 Å². The zero-order valence-corrected chi connectivity index (χ0v) is 11.5. The summed E-state index contributed by atoms with van der Waals surface area (Å²) in [6, 6.07) is 2.58. The third-order valence-corrected chi connectivity index (χ3v) is 2.70. The Morgan fingerprint density at radius 2 is 2.14 bits per heavy atom. The van der Waals surface area contributed by atoms with Crippen LogP contribution in [0.5, 0.6) is 0 Å². The fourth-order valence-corrected chi connectivity index (χ4v) is 1.60. The number of hydrogen-bond donors (Lipinski definition) is 3. The largest absolute Gasteiger partial charge is 0.467 e. The summed E-state index contributed by atoms with van der Waals surface area (Å²) in [4.78, 5) is 33.5. The smallest absolute Gasteiger partial charge is 0.330 e. The normalized spacial score (nSPS) is 11.4. The van der Waals surface area contributed by atoms with Gasteiger partial charge in [-0.2, -0.15) is 0 Å². The summed E-state index contributed by atoms with van der Waals surface area (Å²) >= 11 is 0. The number of hydrogen-bond acceptors (Lipinski definition) is 7. The molecule has 3 N–H and O–H groups in total. The maximum Gasteiger partial charge on any atom is 0.330 e. The summed E-state index contributed by atoms with van der Waals surface area (Å²) < 4.78 is 4.41. The molecule has 0 aliphatic carbocycles. The number of nitrogens with one attached hydrogen (secondary N) is 2. The third-order valence-electron chi connectivity index (χ3n) is 2.70. The number of esters is 1. The molecule has 0 unspecified atom stereocenters. The van der Waals surface area contributed by atoms with E-state index in [1.165, 1.54) is 19.2 Å². The second kappa shape index (κ2) is 7.20. The van der Waals surface area contributed by atoms with Crippen molar-refractivity contribution in [3.8, 4) is 0 Å². The van der Waals surface area contributed by atoms with Gasteiger partial charge in [0.2, 0.25) is 0 Å². The van der Waals surface area contributed by atoms with Crippen LogP contribution < -0.4 is 10.6 Å². The minimum Gasteiger partial charge on any atom is -0.467 e. The van der Waals surface area contributed by atoms with Crippen LogP contribution in [0.25, 0.3) is 0 Å². The maximum atomic E-state index is 11.9. The van der Waals surface area contributed by atoms with Crippen LogP contribution in [0.2, 0.25) is 0 Å². The molecule has 0 saturated carbocycles. The SMILES string of the molecule is CNc1ccc(C(=O)N[C@@H](CO)C(=O)OC)cc1[N+](=O)[O-]. The molecule has 114 valence electrons. The van der Waals surface area contributed by atoms with Crippen LogP contribution in [0.4, 0.5) is 11.4 Å². The Hall–Kier alpha value is -2.68. The standard InChI is InChI=1S/C12H15N3O6/c1-13-8-4-3-7(5-10(8)15(19)20)11(17)14-9(6-16)12(18)21-2/h3-5,9,13,16H,6H2,1-2H3,(H,14,17)/t9-/m0/s1. The van der Waals surface area contributed by atoms with Gasteiger partial charge in [0.25, 0.3) is 11.6 Å². The lowest BCUT2D eigenvalue weighted by Gasteiger charge is -2.14. The average Bonchev–Trinajstić information content (AvgIpc) is 2.50. The van der Waals surface area contributed by atoms with Crippen molar-refractivity contribution < 1.29 is 24.4 Å². The van der Waals surface area contributed by atoms with Crippen LogP contribution in [0.1, 0.15) is 10.4 Å². The third kappa shape index (κ3) is 3.89. The van der Waals surface area contributed by atoms with E-state index in [1.807, 2.05) is 0 Å². The Kier molecular flexibility index (Phi) is 5.61. The van der Waals surface area contributed by atoms with Crippen LogP contribution in [-0.4, -0.2) is 48.7 Å². The van der Waals surface area contributed by atoms with Crippen LogP contribution in [0.15, 0.2) is 18.2 Å². The van der Waals surface area contributed by atoms with E-state index in [0.717, 1.165) is 13.2 Å². The summed E-state index contributed by atoms with van der Waals surface area (Å²) in [7, 11) is 2.63. The van der Waals surface area contributed by atoms with E-state index in [9.17, 15) is 19.7 Å². The number of benzene rings is 1. The molecule has 9 nitrogen and oxygen atoms in total. The van der Waals surface area contributed by atoms with E-state index < -0.39 is 29.4 Å². The van der Waals surface area contributed by atoms with E-state index in [2.05, 4.69) is 15.4 Å². The highest BCUT2D eigenvalue weighted by atomic mass is 16.6. The second-order valence-corrected chi connectivity index (χ2v) is 3.97. The van der Waals surface area contributed by atoms with Gasteiger partial charge in [0.15, 0.2) is 6.04 Å². The summed E-state index contributed by atoms with van der Waals surface area (Å²) in [5, 5.41) is 24.8. The first-order chi connectivity index (χ1) is 9.94. The number of amides is 1. The topological polar surface area (TPSA) is 131 Å². The van der Waals surface area contributed by atoms with E-state index in [1.54, 1.807) is 0 Å². The number of aliphatic hydroxyl groups excluding tert-OH is 1. The molecule has 0 bridgehead atoms. The Labute approximate surface area is 120 Å². The lowest BCUT2D eigenvalue weighted by Crippen LogP contribution is -2.44. The number of nitro benzene ring substituents is 1. The average molecular weight is 297 g/mol. The summed E-state index contributed by atoms with van der Waals surface area (Å²) in [5.74, 6) is -1.54. The van der Waals surface area contributed by atoms with Crippen molar-refractivity contribution in [1.29, 1.82) is 0 Å². The minimum atomic E-state index is -1.23. The maximum absolute atomic E-state index is 11.9. The monoisotopic (exact) mass is 297 g/mol. The van der Waals surface area contributed by atoms with Gasteiger partial charge in [0, 0.05) is 18.7 Å². The van der Waals surface area contributed by atoms with Crippen LogP contribution in [0, 0.1) is 10.1 Å². The number of carbonyl (C=O) groups excluding carboxylic acids is 2. The first-order valence-corrected chi connectivity index (χ1v) is 5.90. The van der Waals surface area contributed by atoms with Gasteiger partial charge in [-0.15, -0.1) is 0 Å². The molecule has 0 saturated heterocycles. The molecular formula is C12H15N3O6. The first kappa shape index (κ1) is 16.4. The fraction of sp³-hybridized carbons (Fsp3) is 0.333. The van der Waals surface area contributed by atoms with Crippen LogP contribution >= 0.6 is 0 Å². The number of anilines is 1. The van der Waals surface area contributed by atoms with Gasteiger partial charge >= 0.3 is 5.97 Å². The molecule has 1 aromatic carbocycles. The van der Waals surface area contributed by atoms with Gasteiger partial charge in [-0.1, -0.05) is 0 Å². The van der Waals surface area contributed by atoms with Crippen molar-refractivity contribution in [2.45, 2.75) is 6.04 Å². The molecule has 9 heteroatoms. The fourth-order valence-electron chi connectivity index (χ4n) is 1.60. The molecule has 0 spiro atoms. The van der Waals surface area contributed by atoms with Crippen molar-refractivity contribution in [3.05, 3.63) is 33.9 Å². The lowest BCUT2D eigenvalue weighted by atomic mass is 10.1. The Morgan fingerprint density at radius 3 is 2.62 bits per heavy atom. The van der Waals surface area contributed by atoms with Gasteiger partial charge in [-0.05, 0) is 12.1 Å². The highest BCUT2D eigenvalue weighted by Gasteiger charge is 2.23. The molecule has 1 amide bonds. The molecule has 0 aliphatic rings. The van der Waals surface area contributed by atoms with E-state index in [0.29, 0.717) is 0 Å². The van der Waals surface area contributed by atoms with E-state index in [-0.39, 0.29) is 16.9 Å². The number of nitro groups is 1. The van der Waals surface area contributed by atoms with Gasteiger partial charge in [-0.25, -0.2) is 4.79 Å². The van der Waals surface area contributed by atoms with E-state index >= 15 is 0 Å².